The molecule has 4 nitrogen and oxygen atoms in total. The van der Waals surface area contributed by atoms with E-state index in [1.54, 1.807) is 10.9 Å². The Morgan fingerprint density at radius 3 is 2.69 bits per heavy atom. The van der Waals surface area contributed by atoms with Crippen molar-refractivity contribution in [2.45, 2.75) is 12.5 Å². The van der Waals surface area contributed by atoms with Crippen LogP contribution in [0.15, 0.2) is 42.7 Å². The van der Waals surface area contributed by atoms with Gasteiger partial charge in [0, 0.05) is 18.4 Å². The lowest BCUT2D eigenvalue weighted by molar-refractivity contribution is 0.747. The van der Waals surface area contributed by atoms with E-state index in [2.05, 4.69) is 11.2 Å². The van der Waals surface area contributed by atoms with E-state index in [0.29, 0.717) is 6.42 Å². The molecule has 0 radical (unpaired) electrons. The summed E-state index contributed by atoms with van der Waals surface area (Å²) < 4.78 is 1.78. The minimum Gasteiger partial charge on any atom is -0.323 e. The third kappa shape index (κ3) is 2.10. The topological polar surface area (TPSA) is 67.6 Å². The monoisotopic (exact) mass is 212 g/mol. The zero-order valence-electron chi connectivity index (χ0n) is 8.74. The zero-order chi connectivity index (χ0) is 11.4. The van der Waals surface area contributed by atoms with Gasteiger partial charge in [0.25, 0.3) is 0 Å². The van der Waals surface area contributed by atoms with Gasteiger partial charge in [0.1, 0.15) is 0 Å². The van der Waals surface area contributed by atoms with E-state index in [-0.39, 0.29) is 6.04 Å². The van der Waals surface area contributed by atoms with Crippen LogP contribution in [0.3, 0.4) is 0 Å². The number of aromatic nitrogens is 2. The van der Waals surface area contributed by atoms with Crippen LogP contribution >= 0.6 is 0 Å². The van der Waals surface area contributed by atoms with Crippen molar-refractivity contribution in [2.75, 3.05) is 0 Å². The Morgan fingerprint density at radius 1 is 1.38 bits per heavy atom. The number of nitrogens with zero attached hydrogens (tertiary/aromatic N) is 3. The van der Waals surface area contributed by atoms with Crippen molar-refractivity contribution in [1.29, 1.82) is 5.26 Å². The van der Waals surface area contributed by atoms with Crippen LogP contribution in [0.4, 0.5) is 0 Å². The van der Waals surface area contributed by atoms with Crippen molar-refractivity contribution in [3.63, 3.8) is 0 Å². The molecule has 2 N–H and O–H groups in total. The summed E-state index contributed by atoms with van der Waals surface area (Å²) in [5, 5.41) is 12.7. The lowest BCUT2D eigenvalue weighted by atomic mass is 10.1. The van der Waals surface area contributed by atoms with Crippen LogP contribution in [-0.4, -0.2) is 9.78 Å². The maximum Gasteiger partial charge on any atom is 0.0645 e. The second-order valence-electron chi connectivity index (χ2n) is 3.51. The molecule has 1 unspecified atom stereocenters. The predicted octanol–water partition coefficient (Wildman–Crippen LogP) is 1.79. The van der Waals surface area contributed by atoms with Gasteiger partial charge in [-0.2, -0.15) is 10.4 Å². The Hall–Kier alpha value is -2.12. The number of benzene rings is 1. The second kappa shape index (κ2) is 4.60. The minimum absolute atomic E-state index is 0.211. The van der Waals surface area contributed by atoms with Gasteiger partial charge in [-0.25, -0.2) is 4.68 Å². The Balaban J connectivity index is 2.20. The molecule has 2 aromatic rings. The zero-order valence-corrected chi connectivity index (χ0v) is 8.74. The first-order chi connectivity index (χ1) is 7.81. The van der Waals surface area contributed by atoms with Gasteiger partial charge in [-0.05, 0) is 23.8 Å². The fourth-order valence-corrected chi connectivity index (χ4v) is 1.51. The Morgan fingerprint density at radius 2 is 2.12 bits per heavy atom. The van der Waals surface area contributed by atoms with E-state index >= 15 is 0 Å². The van der Waals surface area contributed by atoms with E-state index in [4.69, 9.17) is 11.0 Å². The maximum absolute atomic E-state index is 8.56. The molecule has 0 spiro atoms. The maximum atomic E-state index is 8.56. The molecule has 1 aromatic heterocycles. The Bertz CT molecular complexity index is 479. The van der Waals surface area contributed by atoms with Gasteiger partial charge in [-0.15, -0.1) is 0 Å². The van der Waals surface area contributed by atoms with Gasteiger partial charge in [0.2, 0.25) is 0 Å². The van der Waals surface area contributed by atoms with Gasteiger partial charge in [-0.3, -0.25) is 0 Å². The largest absolute Gasteiger partial charge is 0.323 e. The molecule has 0 saturated heterocycles. The van der Waals surface area contributed by atoms with Gasteiger partial charge in [-0.1, -0.05) is 12.1 Å². The van der Waals surface area contributed by atoms with Crippen molar-refractivity contribution in [2.24, 2.45) is 5.73 Å². The molecule has 80 valence electrons. The molecule has 4 heteroatoms. The first kappa shape index (κ1) is 10.4. The standard InChI is InChI=1S/C12H12N4/c13-7-6-12(14)10-2-4-11(5-3-10)16-9-1-8-15-16/h1-5,8-9,12H,6,14H2. The molecule has 16 heavy (non-hydrogen) atoms. The highest BCUT2D eigenvalue weighted by Crippen LogP contribution is 2.15. The van der Waals surface area contributed by atoms with Crippen LogP contribution in [0, 0.1) is 11.3 Å². The predicted molar refractivity (Wildman–Crippen MR) is 60.7 cm³/mol. The number of nitrogens with two attached hydrogens (primary N) is 1. The van der Waals surface area contributed by atoms with Crippen molar-refractivity contribution >= 4 is 0 Å². The SMILES string of the molecule is N#CCC(N)c1ccc(-n2cccn2)cc1. The number of hydrogen-bond acceptors (Lipinski definition) is 3. The third-order valence-corrected chi connectivity index (χ3v) is 2.40. The fourth-order valence-electron chi connectivity index (χ4n) is 1.51. The van der Waals surface area contributed by atoms with E-state index < -0.39 is 0 Å². The van der Waals surface area contributed by atoms with Gasteiger partial charge in [0.05, 0.1) is 18.2 Å². The third-order valence-electron chi connectivity index (χ3n) is 2.40. The summed E-state index contributed by atoms with van der Waals surface area (Å²) in [7, 11) is 0. The highest BCUT2D eigenvalue weighted by atomic mass is 15.3. The Labute approximate surface area is 93.9 Å². The lowest BCUT2D eigenvalue weighted by Crippen LogP contribution is -2.09. The minimum atomic E-state index is -0.211. The van der Waals surface area contributed by atoms with Gasteiger partial charge >= 0.3 is 0 Å². The summed E-state index contributed by atoms with van der Waals surface area (Å²) in [6, 6.07) is 11.5. The van der Waals surface area contributed by atoms with E-state index in [1.165, 1.54) is 0 Å². The van der Waals surface area contributed by atoms with E-state index in [1.807, 2.05) is 36.5 Å². The van der Waals surface area contributed by atoms with Gasteiger partial charge < -0.3 is 5.73 Å². The van der Waals surface area contributed by atoms with E-state index in [9.17, 15) is 0 Å². The molecular formula is C12H12N4. The van der Waals surface area contributed by atoms with Crippen LogP contribution < -0.4 is 5.73 Å². The Kier molecular flexibility index (Phi) is 2.99. The molecule has 1 aromatic carbocycles. The highest BCUT2D eigenvalue weighted by molar-refractivity contribution is 5.35. The van der Waals surface area contributed by atoms with Crippen LogP contribution in [0.5, 0.6) is 0 Å². The van der Waals surface area contributed by atoms with Crippen LogP contribution in [0.2, 0.25) is 0 Å². The average Bonchev–Trinajstić information content (AvgIpc) is 2.83. The van der Waals surface area contributed by atoms with E-state index in [0.717, 1.165) is 11.3 Å². The molecule has 0 aliphatic carbocycles. The molecular weight excluding hydrogens is 200 g/mol. The second-order valence-corrected chi connectivity index (χ2v) is 3.51. The first-order valence-corrected chi connectivity index (χ1v) is 5.04. The molecule has 0 aliphatic rings. The number of hydrogen-bond donors (Lipinski definition) is 1. The fraction of sp³-hybridized carbons (Fsp3) is 0.167. The van der Waals surface area contributed by atoms with Crippen LogP contribution in [-0.2, 0) is 0 Å². The summed E-state index contributed by atoms with van der Waals surface area (Å²) >= 11 is 0. The lowest BCUT2D eigenvalue weighted by Gasteiger charge is -2.08. The molecule has 1 atom stereocenters. The van der Waals surface area contributed by atoms with Crippen molar-refractivity contribution < 1.29 is 0 Å². The summed E-state index contributed by atoms with van der Waals surface area (Å²) in [5.41, 5.74) is 7.78. The summed E-state index contributed by atoms with van der Waals surface area (Å²) in [6.45, 7) is 0. The summed E-state index contributed by atoms with van der Waals surface area (Å²) in [4.78, 5) is 0. The molecule has 0 bridgehead atoms. The number of nitriles is 1. The van der Waals surface area contributed by atoms with Crippen molar-refractivity contribution in [3.8, 4) is 11.8 Å². The molecule has 1 heterocycles. The summed E-state index contributed by atoms with van der Waals surface area (Å²) in [6.07, 6.45) is 3.95. The highest BCUT2D eigenvalue weighted by Gasteiger charge is 2.05. The molecule has 2 rings (SSSR count). The van der Waals surface area contributed by atoms with Crippen LogP contribution in [0.1, 0.15) is 18.0 Å². The van der Waals surface area contributed by atoms with Gasteiger partial charge in [0.15, 0.2) is 0 Å². The first-order valence-electron chi connectivity index (χ1n) is 5.04. The quantitative estimate of drug-likeness (QED) is 0.843. The number of rotatable bonds is 3. The van der Waals surface area contributed by atoms with Crippen molar-refractivity contribution in [1.82, 2.24) is 9.78 Å². The average molecular weight is 212 g/mol. The summed E-state index contributed by atoms with van der Waals surface area (Å²) in [5.74, 6) is 0. The van der Waals surface area contributed by atoms with Crippen molar-refractivity contribution in [3.05, 3.63) is 48.3 Å². The molecule has 0 saturated carbocycles. The normalized spacial score (nSPS) is 12.0. The molecule has 0 fully saturated rings. The smallest absolute Gasteiger partial charge is 0.0645 e. The molecule has 0 amide bonds. The molecule has 0 aliphatic heterocycles. The van der Waals surface area contributed by atoms with Crippen LogP contribution in [0.25, 0.3) is 5.69 Å².